The minimum Gasteiger partial charge on any atom is -0.497 e. The third-order valence-electron chi connectivity index (χ3n) is 8.35. The normalized spacial score (nSPS) is 24.6. The van der Waals surface area contributed by atoms with E-state index in [2.05, 4.69) is 59.3 Å². The second-order valence-electron chi connectivity index (χ2n) is 10.8. The molecule has 1 saturated heterocycles. The van der Waals surface area contributed by atoms with Crippen molar-refractivity contribution in [1.29, 1.82) is 0 Å². The second-order valence-corrected chi connectivity index (χ2v) is 11.3. The van der Waals surface area contributed by atoms with Crippen LogP contribution in [-0.4, -0.2) is 42.1 Å². The van der Waals surface area contributed by atoms with Gasteiger partial charge in [-0.1, -0.05) is 60.1 Å². The number of methoxy groups -OCH3 is 1. The number of halogens is 1. The zero-order chi connectivity index (χ0) is 27.1. The zero-order valence-electron chi connectivity index (χ0n) is 22.5. The van der Waals surface area contributed by atoms with Gasteiger partial charge in [0.25, 0.3) is 0 Å². The number of hydrogen-bond acceptors (Lipinski definition) is 6. The molecule has 7 nitrogen and oxygen atoms in total. The highest BCUT2D eigenvalue weighted by atomic mass is 35.5. The average Bonchev–Trinajstić information content (AvgIpc) is 3.46. The van der Waals surface area contributed by atoms with Crippen molar-refractivity contribution in [2.45, 2.75) is 50.4 Å². The van der Waals surface area contributed by atoms with E-state index in [-0.39, 0.29) is 18.0 Å². The molecule has 3 atom stereocenters. The highest BCUT2D eigenvalue weighted by Gasteiger charge is 2.56. The third kappa shape index (κ3) is 4.65. The molecule has 1 unspecified atom stereocenters. The Morgan fingerprint density at radius 2 is 1.74 bits per heavy atom. The third-order valence-corrected chi connectivity index (χ3v) is 8.58. The van der Waals surface area contributed by atoms with E-state index in [0.717, 1.165) is 41.2 Å². The SMILES string of the molecule is COc1ccc(CN2C(=O)C3(C[C@H](C)N(Cc4ccccc4)[C@H](C4=CN(C)NN4)C3)c3ccc(Cl)cc32)cc1. The predicted molar refractivity (Wildman–Crippen MR) is 154 cm³/mol. The molecule has 0 bridgehead atoms. The number of nitrogens with zero attached hydrogens (tertiary/aromatic N) is 3. The lowest BCUT2D eigenvalue weighted by atomic mass is 9.68. The summed E-state index contributed by atoms with van der Waals surface area (Å²) in [6.45, 7) is 3.54. The summed E-state index contributed by atoms with van der Waals surface area (Å²) in [6.07, 6.45) is 3.50. The van der Waals surface area contributed by atoms with E-state index in [0.29, 0.717) is 18.0 Å². The van der Waals surface area contributed by atoms with Crippen LogP contribution in [0, 0.1) is 0 Å². The lowest BCUT2D eigenvalue weighted by Gasteiger charge is -2.48. The lowest BCUT2D eigenvalue weighted by Crippen LogP contribution is -2.58. The number of hydrazine groups is 2. The fourth-order valence-corrected chi connectivity index (χ4v) is 6.65. The zero-order valence-corrected chi connectivity index (χ0v) is 23.3. The summed E-state index contributed by atoms with van der Waals surface area (Å²) in [4.78, 5) is 19.0. The van der Waals surface area contributed by atoms with E-state index in [1.807, 2.05) is 59.4 Å². The van der Waals surface area contributed by atoms with E-state index in [9.17, 15) is 4.79 Å². The van der Waals surface area contributed by atoms with Gasteiger partial charge in [-0.25, -0.2) is 0 Å². The highest BCUT2D eigenvalue weighted by Crippen LogP contribution is 2.52. The molecule has 3 heterocycles. The molecule has 2 N–H and O–H groups in total. The number of fused-ring (bicyclic) bond motifs is 2. The van der Waals surface area contributed by atoms with Gasteiger partial charge < -0.3 is 15.1 Å². The van der Waals surface area contributed by atoms with E-state index in [1.165, 1.54) is 5.56 Å². The second kappa shape index (κ2) is 10.2. The monoisotopic (exact) mass is 543 g/mol. The molecule has 0 saturated carbocycles. The number of amides is 1. The van der Waals surface area contributed by atoms with Gasteiger partial charge in [-0.05, 0) is 60.7 Å². The molecule has 0 radical (unpaired) electrons. The molecule has 39 heavy (non-hydrogen) atoms. The van der Waals surface area contributed by atoms with Crippen LogP contribution < -0.4 is 20.6 Å². The molecule has 6 rings (SSSR count). The molecule has 8 heteroatoms. The van der Waals surface area contributed by atoms with Crippen LogP contribution >= 0.6 is 11.6 Å². The number of carbonyl (C=O) groups is 1. The number of hydrogen-bond donors (Lipinski definition) is 2. The molecule has 3 aromatic rings. The summed E-state index contributed by atoms with van der Waals surface area (Å²) in [5, 5.41) is 2.55. The van der Waals surface area contributed by atoms with E-state index >= 15 is 0 Å². The molecule has 1 amide bonds. The van der Waals surface area contributed by atoms with Crippen molar-refractivity contribution in [2.75, 3.05) is 19.1 Å². The summed E-state index contributed by atoms with van der Waals surface area (Å²) in [6, 6.07) is 24.6. The van der Waals surface area contributed by atoms with Gasteiger partial charge in [0.2, 0.25) is 5.91 Å². The maximum atomic E-state index is 14.6. The van der Waals surface area contributed by atoms with Crippen molar-refractivity contribution in [3.63, 3.8) is 0 Å². The van der Waals surface area contributed by atoms with Gasteiger partial charge >= 0.3 is 0 Å². The maximum absolute atomic E-state index is 14.6. The Morgan fingerprint density at radius 3 is 2.44 bits per heavy atom. The van der Waals surface area contributed by atoms with E-state index < -0.39 is 5.41 Å². The van der Waals surface area contributed by atoms with Crippen LogP contribution in [0.4, 0.5) is 5.69 Å². The Balaban J connectivity index is 1.39. The Bertz CT molecular complexity index is 1400. The van der Waals surface area contributed by atoms with Crippen LogP contribution in [0.1, 0.15) is 36.5 Å². The first kappa shape index (κ1) is 25.7. The fourth-order valence-electron chi connectivity index (χ4n) is 6.48. The maximum Gasteiger partial charge on any atom is 0.238 e. The molecule has 1 spiro atoms. The summed E-state index contributed by atoms with van der Waals surface area (Å²) in [7, 11) is 3.63. The quantitative estimate of drug-likeness (QED) is 0.457. The number of nitrogens with one attached hydrogen (secondary N) is 2. The summed E-state index contributed by atoms with van der Waals surface area (Å²) < 4.78 is 5.33. The van der Waals surface area contributed by atoms with Gasteiger partial charge in [0.05, 0.1) is 30.8 Å². The number of ether oxygens (including phenoxy) is 1. The van der Waals surface area contributed by atoms with Crippen molar-refractivity contribution in [1.82, 2.24) is 20.9 Å². The van der Waals surface area contributed by atoms with Crippen molar-refractivity contribution in [3.05, 3.63) is 106 Å². The van der Waals surface area contributed by atoms with Crippen LogP contribution in [0.25, 0.3) is 0 Å². The first-order chi connectivity index (χ1) is 18.9. The average molecular weight is 544 g/mol. The number of anilines is 1. The van der Waals surface area contributed by atoms with E-state index in [1.54, 1.807) is 7.11 Å². The highest BCUT2D eigenvalue weighted by molar-refractivity contribution is 6.31. The number of benzene rings is 3. The first-order valence-corrected chi connectivity index (χ1v) is 13.8. The minimum atomic E-state index is -0.645. The van der Waals surface area contributed by atoms with Crippen LogP contribution in [0.3, 0.4) is 0 Å². The topological polar surface area (TPSA) is 60.1 Å². The predicted octanol–water partition coefficient (Wildman–Crippen LogP) is 4.98. The first-order valence-electron chi connectivity index (χ1n) is 13.4. The van der Waals surface area contributed by atoms with Gasteiger partial charge in [-0.3, -0.25) is 14.7 Å². The molecular formula is C31H34ClN5O2. The van der Waals surface area contributed by atoms with Gasteiger partial charge in [-0.2, -0.15) is 0 Å². The van der Waals surface area contributed by atoms with Gasteiger partial charge in [0.15, 0.2) is 0 Å². The largest absolute Gasteiger partial charge is 0.497 e. The standard InChI is InChI=1S/C31H34ClN5O2/c1-21-16-31(17-29(27-20-35(2)34-33-27)36(21)18-22-7-5-4-6-8-22)26-14-11-24(32)15-28(26)37(30(31)38)19-23-9-12-25(39-3)13-10-23/h4-15,20-21,29,33-34H,16-19H2,1-3H3/t21-,29-,31?/m0/s1. The number of likely N-dealkylation sites (tertiary alicyclic amines) is 1. The Hall–Kier alpha value is -3.52. The Labute approximate surface area is 234 Å². The number of piperidine rings is 1. The van der Waals surface area contributed by atoms with Crippen LogP contribution in [0.2, 0.25) is 5.02 Å². The van der Waals surface area contributed by atoms with Gasteiger partial charge in [0.1, 0.15) is 5.75 Å². The Kier molecular flexibility index (Phi) is 6.75. The van der Waals surface area contributed by atoms with Crippen LogP contribution in [0.5, 0.6) is 5.75 Å². The molecule has 0 aliphatic carbocycles. The number of carbonyl (C=O) groups excluding carboxylic acids is 1. The van der Waals surface area contributed by atoms with E-state index in [4.69, 9.17) is 16.3 Å². The summed E-state index contributed by atoms with van der Waals surface area (Å²) in [5.74, 6) is 0.941. The molecule has 3 aliphatic heterocycles. The van der Waals surface area contributed by atoms with Crippen LogP contribution in [0.15, 0.2) is 84.7 Å². The van der Waals surface area contributed by atoms with Gasteiger partial charge in [0, 0.05) is 36.5 Å². The summed E-state index contributed by atoms with van der Waals surface area (Å²) in [5.41, 5.74) is 11.2. The Morgan fingerprint density at radius 1 is 1.00 bits per heavy atom. The van der Waals surface area contributed by atoms with Crippen molar-refractivity contribution in [2.24, 2.45) is 0 Å². The smallest absolute Gasteiger partial charge is 0.238 e. The molecule has 3 aliphatic rings. The molecule has 0 aromatic heterocycles. The molecule has 3 aromatic carbocycles. The molecular weight excluding hydrogens is 510 g/mol. The van der Waals surface area contributed by atoms with Crippen molar-refractivity contribution >= 4 is 23.2 Å². The summed E-state index contributed by atoms with van der Waals surface area (Å²) >= 11 is 6.50. The molecule has 1 fully saturated rings. The fraction of sp³-hybridized carbons (Fsp3) is 0.323. The van der Waals surface area contributed by atoms with Crippen LogP contribution in [-0.2, 0) is 23.3 Å². The van der Waals surface area contributed by atoms with Gasteiger partial charge in [-0.15, -0.1) is 5.53 Å². The van der Waals surface area contributed by atoms with Crippen molar-refractivity contribution < 1.29 is 9.53 Å². The van der Waals surface area contributed by atoms with Crippen molar-refractivity contribution in [3.8, 4) is 5.75 Å². The molecule has 202 valence electrons. The minimum absolute atomic E-state index is 0.0137. The lowest BCUT2D eigenvalue weighted by molar-refractivity contribution is -0.126. The number of rotatable bonds is 6.